The molecule has 1 aromatic heterocycles. The van der Waals surface area contributed by atoms with Crippen LogP contribution in [0.15, 0.2) is 6.33 Å². The fraction of sp³-hybridized carbons (Fsp3) is 0.667. The zero-order chi connectivity index (χ0) is 12.5. The fourth-order valence-corrected chi connectivity index (χ4v) is 2.39. The van der Waals surface area contributed by atoms with Crippen molar-refractivity contribution < 1.29 is 4.74 Å². The molecule has 2 N–H and O–H groups in total. The molecule has 1 aliphatic heterocycles. The van der Waals surface area contributed by atoms with E-state index in [1.807, 2.05) is 0 Å². The molecule has 17 heavy (non-hydrogen) atoms. The van der Waals surface area contributed by atoms with Gasteiger partial charge in [-0.05, 0) is 18.3 Å². The van der Waals surface area contributed by atoms with E-state index in [4.69, 9.17) is 10.5 Å². The van der Waals surface area contributed by atoms with Crippen LogP contribution < -0.4 is 15.4 Å². The molecule has 0 atom stereocenters. The topological polar surface area (TPSA) is 64.3 Å². The molecule has 5 nitrogen and oxygen atoms in total. The molecule has 1 fully saturated rings. The zero-order valence-electron chi connectivity index (χ0n) is 10.7. The molecule has 2 rings (SSSR count). The van der Waals surface area contributed by atoms with Crippen molar-refractivity contribution in [2.75, 3.05) is 30.8 Å². The van der Waals surface area contributed by atoms with Gasteiger partial charge in [-0.25, -0.2) is 4.98 Å². The number of hydrogen-bond donors (Lipinski definition) is 1. The van der Waals surface area contributed by atoms with Crippen LogP contribution in [-0.4, -0.2) is 30.2 Å². The third-order valence-electron chi connectivity index (χ3n) is 3.22. The van der Waals surface area contributed by atoms with Crippen molar-refractivity contribution in [3.05, 3.63) is 6.33 Å². The number of nitrogens with two attached hydrogens (primary N) is 1. The highest BCUT2D eigenvalue weighted by atomic mass is 16.5. The van der Waals surface area contributed by atoms with Crippen molar-refractivity contribution in [1.29, 1.82) is 0 Å². The van der Waals surface area contributed by atoms with Gasteiger partial charge in [0.1, 0.15) is 12.0 Å². The molecule has 94 valence electrons. The third-order valence-corrected chi connectivity index (χ3v) is 3.22. The summed E-state index contributed by atoms with van der Waals surface area (Å²) in [6.07, 6.45) is 3.91. The number of anilines is 2. The van der Waals surface area contributed by atoms with Crippen LogP contribution in [0.1, 0.15) is 26.7 Å². The lowest BCUT2D eigenvalue weighted by Gasteiger charge is -2.39. The first-order valence-corrected chi connectivity index (χ1v) is 5.93. The predicted molar refractivity (Wildman–Crippen MR) is 68.2 cm³/mol. The number of ether oxygens (including phenoxy) is 1. The van der Waals surface area contributed by atoms with Gasteiger partial charge in [0.2, 0.25) is 5.88 Å². The lowest BCUT2D eigenvalue weighted by molar-refractivity contribution is 0.292. The maximum atomic E-state index is 6.02. The van der Waals surface area contributed by atoms with E-state index in [9.17, 15) is 0 Å². The standard InChI is InChI=1S/C12H20N4O/c1-12(2)5-4-6-16(7-12)10-9(13)11(17-3)15-8-14-10/h8H,4-7,13H2,1-3H3. The second-order valence-corrected chi connectivity index (χ2v) is 5.31. The van der Waals surface area contributed by atoms with Gasteiger partial charge < -0.3 is 15.4 Å². The maximum Gasteiger partial charge on any atom is 0.242 e. The Morgan fingerprint density at radius 2 is 2.18 bits per heavy atom. The molecule has 0 aromatic carbocycles. The largest absolute Gasteiger partial charge is 0.479 e. The van der Waals surface area contributed by atoms with Crippen molar-refractivity contribution in [2.24, 2.45) is 5.41 Å². The Bertz CT molecular complexity index is 405. The minimum atomic E-state index is 0.308. The van der Waals surface area contributed by atoms with Crippen molar-refractivity contribution in [3.8, 4) is 5.88 Å². The number of aromatic nitrogens is 2. The molecule has 1 saturated heterocycles. The van der Waals surface area contributed by atoms with Gasteiger partial charge in [-0.15, -0.1) is 0 Å². The molecule has 0 aliphatic carbocycles. The average molecular weight is 236 g/mol. The van der Waals surface area contributed by atoms with Gasteiger partial charge in [-0.2, -0.15) is 4.98 Å². The first-order chi connectivity index (χ1) is 8.03. The SMILES string of the molecule is COc1ncnc(N2CCCC(C)(C)C2)c1N. The first kappa shape index (κ1) is 12.0. The monoisotopic (exact) mass is 236 g/mol. The molecule has 0 unspecified atom stereocenters. The van der Waals surface area contributed by atoms with Crippen LogP contribution in [0.3, 0.4) is 0 Å². The summed E-state index contributed by atoms with van der Waals surface area (Å²) in [4.78, 5) is 10.5. The smallest absolute Gasteiger partial charge is 0.242 e. The molecule has 0 amide bonds. The summed E-state index contributed by atoms with van der Waals surface area (Å²) in [5.41, 5.74) is 6.86. The van der Waals surface area contributed by atoms with Gasteiger partial charge in [0.25, 0.3) is 0 Å². The number of piperidine rings is 1. The normalized spacial score (nSPS) is 19.1. The van der Waals surface area contributed by atoms with Crippen molar-refractivity contribution in [3.63, 3.8) is 0 Å². The summed E-state index contributed by atoms with van der Waals surface area (Å²) in [6.45, 7) is 6.51. The van der Waals surface area contributed by atoms with E-state index >= 15 is 0 Å². The predicted octanol–water partition coefficient (Wildman–Crippen LogP) is 1.69. The lowest BCUT2D eigenvalue weighted by Crippen LogP contribution is -2.40. The minimum Gasteiger partial charge on any atom is -0.479 e. The summed E-state index contributed by atoms with van der Waals surface area (Å²) in [5.74, 6) is 1.25. The van der Waals surface area contributed by atoms with Crippen LogP contribution in [0, 0.1) is 5.41 Å². The molecular weight excluding hydrogens is 216 g/mol. The molecule has 0 radical (unpaired) electrons. The molecule has 0 bridgehead atoms. The van der Waals surface area contributed by atoms with Gasteiger partial charge in [0, 0.05) is 13.1 Å². The Hall–Kier alpha value is -1.52. The van der Waals surface area contributed by atoms with E-state index in [0.717, 1.165) is 18.9 Å². The number of methoxy groups -OCH3 is 1. The van der Waals surface area contributed by atoms with Gasteiger partial charge in [-0.1, -0.05) is 13.8 Å². The van der Waals surface area contributed by atoms with Gasteiger partial charge in [0.15, 0.2) is 5.82 Å². The van der Waals surface area contributed by atoms with Crippen molar-refractivity contribution >= 4 is 11.5 Å². The number of nitrogen functional groups attached to an aromatic ring is 1. The number of rotatable bonds is 2. The van der Waals surface area contributed by atoms with Gasteiger partial charge in [0.05, 0.1) is 7.11 Å². The van der Waals surface area contributed by atoms with E-state index in [2.05, 4.69) is 28.7 Å². The Kier molecular flexibility index (Phi) is 3.09. The van der Waals surface area contributed by atoms with E-state index in [0.29, 0.717) is 17.0 Å². The van der Waals surface area contributed by atoms with E-state index in [1.165, 1.54) is 19.2 Å². The summed E-state index contributed by atoms with van der Waals surface area (Å²) in [7, 11) is 1.57. The highest BCUT2D eigenvalue weighted by molar-refractivity contribution is 5.67. The molecule has 1 aliphatic rings. The van der Waals surface area contributed by atoms with Crippen LogP contribution >= 0.6 is 0 Å². The fourth-order valence-electron chi connectivity index (χ4n) is 2.39. The van der Waals surface area contributed by atoms with Crippen molar-refractivity contribution in [2.45, 2.75) is 26.7 Å². The Balaban J connectivity index is 2.28. The number of hydrogen-bond acceptors (Lipinski definition) is 5. The van der Waals surface area contributed by atoms with Gasteiger partial charge in [-0.3, -0.25) is 0 Å². The molecule has 5 heteroatoms. The molecule has 0 spiro atoms. The summed E-state index contributed by atoms with van der Waals surface area (Å²) in [5, 5.41) is 0. The second kappa shape index (κ2) is 4.39. The van der Waals surface area contributed by atoms with Crippen LogP contribution in [-0.2, 0) is 0 Å². The third kappa shape index (κ3) is 2.43. The Labute approximate surface area is 102 Å². The highest BCUT2D eigenvalue weighted by Gasteiger charge is 2.28. The highest BCUT2D eigenvalue weighted by Crippen LogP contribution is 2.34. The van der Waals surface area contributed by atoms with Crippen LogP contribution in [0.5, 0.6) is 5.88 Å². The molecule has 0 saturated carbocycles. The van der Waals surface area contributed by atoms with Crippen molar-refractivity contribution in [1.82, 2.24) is 9.97 Å². The summed E-state index contributed by atoms with van der Waals surface area (Å²) in [6, 6.07) is 0. The maximum absolute atomic E-state index is 6.02. The first-order valence-electron chi connectivity index (χ1n) is 5.93. The zero-order valence-corrected chi connectivity index (χ0v) is 10.7. The quantitative estimate of drug-likeness (QED) is 0.846. The van der Waals surface area contributed by atoms with Crippen LogP contribution in [0.25, 0.3) is 0 Å². The lowest BCUT2D eigenvalue weighted by atomic mass is 9.84. The van der Waals surface area contributed by atoms with E-state index in [1.54, 1.807) is 7.11 Å². The molecule has 2 heterocycles. The average Bonchev–Trinajstić information content (AvgIpc) is 2.28. The van der Waals surface area contributed by atoms with Crippen LogP contribution in [0.4, 0.5) is 11.5 Å². The van der Waals surface area contributed by atoms with Crippen LogP contribution in [0.2, 0.25) is 0 Å². The Morgan fingerprint density at radius 3 is 2.82 bits per heavy atom. The molecule has 1 aromatic rings. The van der Waals surface area contributed by atoms with E-state index < -0.39 is 0 Å². The summed E-state index contributed by atoms with van der Waals surface area (Å²) >= 11 is 0. The second-order valence-electron chi connectivity index (χ2n) is 5.31. The molecular formula is C12H20N4O. The van der Waals surface area contributed by atoms with E-state index in [-0.39, 0.29) is 0 Å². The van der Waals surface area contributed by atoms with Gasteiger partial charge >= 0.3 is 0 Å². The minimum absolute atomic E-state index is 0.308. The Morgan fingerprint density at radius 1 is 1.41 bits per heavy atom. The summed E-state index contributed by atoms with van der Waals surface area (Å²) < 4.78 is 5.13. The number of nitrogens with zero attached hydrogens (tertiary/aromatic N) is 3.